The minimum absolute atomic E-state index is 0.0792. The molecular weight excluding hydrogens is 364 g/mol. The minimum atomic E-state index is -0.528. The number of methoxy groups -OCH3 is 2. The van der Waals surface area contributed by atoms with Gasteiger partial charge in [0.15, 0.2) is 12.4 Å². The van der Waals surface area contributed by atoms with E-state index >= 15 is 0 Å². The number of hydrogen-bond acceptors (Lipinski definition) is 6. The summed E-state index contributed by atoms with van der Waals surface area (Å²) in [5, 5.41) is 11.1. The first-order valence-corrected chi connectivity index (χ1v) is 8.92. The number of carbonyl (C=O) groups excluding carboxylic acids is 1. The lowest BCUT2D eigenvalue weighted by molar-refractivity contribution is -0.385. The van der Waals surface area contributed by atoms with Gasteiger partial charge in [-0.3, -0.25) is 14.9 Å². The van der Waals surface area contributed by atoms with E-state index in [1.165, 1.54) is 12.1 Å². The highest BCUT2D eigenvalue weighted by atomic mass is 16.6. The van der Waals surface area contributed by atoms with Crippen LogP contribution in [0.2, 0.25) is 0 Å². The van der Waals surface area contributed by atoms with Crippen molar-refractivity contribution in [3.63, 3.8) is 0 Å². The molecule has 0 spiro atoms. The predicted molar refractivity (Wildman–Crippen MR) is 102 cm³/mol. The number of rotatable bonds is 7. The largest absolute Gasteiger partial charge is 0.497 e. The highest BCUT2D eigenvalue weighted by Gasteiger charge is 2.32. The van der Waals surface area contributed by atoms with Gasteiger partial charge in [0.1, 0.15) is 11.5 Å². The van der Waals surface area contributed by atoms with Crippen molar-refractivity contribution in [2.24, 2.45) is 0 Å². The fourth-order valence-corrected chi connectivity index (χ4v) is 3.44. The number of likely N-dealkylation sites (tertiary alicyclic amines) is 1. The maximum Gasteiger partial charge on any atom is 0.310 e. The van der Waals surface area contributed by atoms with Crippen LogP contribution in [0.15, 0.2) is 42.5 Å². The molecule has 1 heterocycles. The minimum Gasteiger partial charge on any atom is -0.497 e. The lowest BCUT2D eigenvalue weighted by Crippen LogP contribution is -2.34. The van der Waals surface area contributed by atoms with Crippen molar-refractivity contribution >= 4 is 11.6 Å². The third kappa shape index (κ3) is 4.00. The SMILES string of the molecule is COc1ccc(OC)c([C@@H]2CCCN2C(=O)COc2ccccc2[N+](=O)[O-])c1. The third-order valence-electron chi connectivity index (χ3n) is 4.78. The van der Waals surface area contributed by atoms with Crippen LogP contribution >= 0.6 is 0 Å². The van der Waals surface area contributed by atoms with Gasteiger partial charge in [-0.25, -0.2) is 0 Å². The Hall–Kier alpha value is -3.29. The number of nitro groups is 1. The van der Waals surface area contributed by atoms with Crippen LogP contribution in [0.5, 0.6) is 17.2 Å². The van der Waals surface area contributed by atoms with Crippen LogP contribution in [0.1, 0.15) is 24.4 Å². The molecule has 1 fully saturated rings. The number of nitro benzene ring substituents is 1. The summed E-state index contributed by atoms with van der Waals surface area (Å²) < 4.78 is 16.2. The fourth-order valence-electron chi connectivity index (χ4n) is 3.44. The Morgan fingerprint density at radius 3 is 2.68 bits per heavy atom. The maximum absolute atomic E-state index is 12.8. The Kier molecular flexibility index (Phi) is 5.98. The van der Waals surface area contributed by atoms with Crippen LogP contribution in [0, 0.1) is 10.1 Å². The molecule has 1 aliphatic heterocycles. The first kappa shape index (κ1) is 19.5. The summed E-state index contributed by atoms with van der Waals surface area (Å²) in [6, 6.07) is 11.4. The fraction of sp³-hybridized carbons (Fsp3) is 0.350. The van der Waals surface area contributed by atoms with E-state index in [-0.39, 0.29) is 30.0 Å². The van der Waals surface area contributed by atoms with E-state index in [2.05, 4.69) is 0 Å². The number of ether oxygens (including phenoxy) is 3. The van der Waals surface area contributed by atoms with Crippen molar-refractivity contribution in [3.05, 3.63) is 58.1 Å². The number of benzene rings is 2. The Labute approximate surface area is 162 Å². The second-order valence-corrected chi connectivity index (χ2v) is 6.37. The molecule has 2 aromatic rings. The van der Waals surface area contributed by atoms with Gasteiger partial charge in [-0.15, -0.1) is 0 Å². The standard InChI is InChI=1S/C20H22N2O6/c1-26-14-9-10-18(27-2)15(12-14)16-7-5-11-21(16)20(23)13-28-19-8-4-3-6-17(19)22(24)25/h3-4,6,8-10,12,16H,5,7,11,13H2,1-2H3/t16-/m0/s1. The molecule has 0 N–H and O–H groups in total. The van der Waals surface area contributed by atoms with E-state index in [1.54, 1.807) is 37.3 Å². The zero-order valence-corrected chi connectivity index (χ0v) is 15.8. The van der Waals surface area contributed by atoms with Gasteiger partial charge < -0.3 is 19.1 Å². The molecule has 0 unspecified atom stereocenters. The van der Waals surface area contributed by atoms with Crippen molar-refractivity contribution in [3.8, 4) is 17.2 Å². The van der Waals surface area contributed by atoms with Crippen LogP contribution < -0.4 is 14.2 Å². The second-order valence-electron chi connectivity index (χ2n) is 6.37. The molecule has 1 atom stereocenters. The van der Waals surface area contributed by atoms with Crippen molar-refractivity contribution in [1.82, 2.24) is 4.90 Å². The van der Waals surface area contributed by atoms with E-state index in [1.807, 2.05) is 12.1 Å². The van der Waals surface area contributed by atoms with Gasteiger partial charge in [-0.2, -0.15) is 0 Å². The van der Waals surface area contributed by atoms with Gasteiger partial charge in [-0.05, 0) is 37.1 Å². The van der Waals surface area contributed by atoms with Crippen LogP contribution in [0.4, 0.5) is 5.69 Å². The number of carbonyl (C=O) groups is 1. The van der Waals surface area contributed by atoms with Crippen molar-refractivity contribution in [1.29, 1.82) is 0 Å². The van der Waals surface area contributed by atoms with Gasteiger partial charge >= 0.3 is 5.69 Å². The highest BCUT2D eigenvalue weighted by molar-refractivity contribution is 5.79. The number of nitrogens with zero attached hydrogens (tertiary/aromatic N) is 2. The van der Waals surface area contributed by atoms with Gasteiger partial charge in [0, 0.05) is 18.2 Å². The average molecular weight is 386 g/mol. The molecule has 8 heteroatoms. The summed E-state index contributed by atoms with van der Waals surface area (Å²) in [7, 11) is 3.17. The summed E-state index contributed by atoms with van der Waals surface area (Å²) in [6.07, 6.45) is 1.64. The zero-order valence-electron chi connectivity index (χ0n) is 15.8. The molecule has 28 heavy (non-hydrogen) atoms. The van der Waals surface area contributed by atoms with Crippen LogP contribution in [-0.4, -0.2) is 43.1 Å². The topological polar surface area (TPSA) is 91.1 Å². The summed E-state index contributed by atoms with van der Waals surface area (Å²) in [6.45, 7) is 0.317. The monoisotopic (exact) mass is 386 g/mol. The van der Waals surface area contributed by atoms with E-state index < -0.39 is 4.92 Å². The molecule has 3 rings (SSSR count). The summed E-state index contributed by atoms with van der Waals surface area (Å²) in [4.78, 5) is 25.1. The first-order valence-electron chi connectivity index (χ1n) is 8.92. The van der Waals surface area contributed by atoms with Crippen molar-refractivity contribution in [2.45, 2.75) is 18.9 Å². The van der Waals surface area contributed by atoms with Gasteiger partial charge in [0.25, 0.3) is 5.91 Å². The average Bonchev–Trinajstić information content (AvgIpc) is 3.21. The van der Waals surface area contributed by atoms with Crippen molar-refractivity contribution in [2.75, 3.05) is 27.4 Å². The van der Waals surface area contributed by atoms with Gasteiger partial charge in [0.05, 0.1) is 25.2 Å². The third-order valence-corrected chi connectivity index (χ3v) is 4.78. The van der Waals surface area contributed by atoms with E-state index in [0.717, 1.165) is 18.4 Å². The van der Waals surface area contributed by atoms with E-state index in [0.29, 0.717) is 18.0 Å². The Balaban J connectivity index is 1.76. The van der Waals surface area contributed by atoms with Crippen LogP contribution in [0.25, 0.3) is 0 Å². The first-order chi connectivity index (χ1) is 13.5. The molecular formula is C20H22N2O6. The highest BCUT2D eigenvalue weighted by Crippen LogP contribution is 2.39. The molecule has 0 bridgehead atoms. The summed E-state index contributed by atoms with van der Waals surface area (Å²) >= 11 is 0. The molecule has 0 saturated carbocycles. The predicted octanol–water partition coefficient (Wildman–Crippen LogP) is 3.35. The number of amides is 1. The summed E-state index contributed by atoms with van der Waals surface area (Å²) in [5.41, 5.74) is 0.709. The Bertz CT molecular complexity index is 870. The van der Waals surface area contributed by atoms with E-state index in [4.69, 9.17) is 14.2 Å². The molecule has 8 nitrogen and oxygen atoms in total. The quantitative estimate of drug-likeness (QED) is 0.535. The smallest absolute Gasteiger partial charge is 0.310 e. The lowest BCUT2D eigenvalue weighted by atomic mass is 10.0. The Morgan fingerprint density at radius 2 is 1.96 bits per heavy atom. The molecule has 0 radical (unpaired) electrons. The molecule has 1 saturated heterocycles. The van der Waals surface area contributed by atoms with E-state index in [9.17, 15) is 14.9 Å². The second kappa shape index (κ2) is 8.60. The molecule has 1 aliphatic rings. The normalized spacial score (nSPS) is 15.9. The molecule has 0 aromatic heterocycles. The molecule has 0 aliphatic carbocycles. The molecule has 148 valence electrons. The number of hydrogen-bond donors (Lipinski definition) is 0. The maximum atomic E-state index is 12.8. The number of para-hydroxylation sites is 2. The van der Waals surface area contributed by atoms with Crippen LogP contribution in [-0.2, 0) is 4.79 Å². The van der Waals surface area contributed by atoms with Gasteiger partial charge in [0.2, 0.25) is 0 Å². The zero-order chi connectivity index (χ0) is 20.1. The summed E-state index contributed by atoms with van der Waals surface area (Å²) in [5.74, 6) is 1.22. The lowest BCUT2D eigenvalue weighted by Gasteiger charge is -2.26. The Morgan fingerprint density at radius 1 is 1.18 bits per heavy atom. The van der Waals surface area contributed by atoms with Crippen LogP contribution in [0.3, 0.4) is 0 Å². The molecule has 2 aromatic carbocycles. The van der Waals surface area contributed by atoms with Gasteiger partial charge in [-0.1, -0.05) is 12.1 Å². The molecule has 1 amide bonds. The van der Waals surface area contributed by atoms with Crippen molar-refractivity contribution < 1.29 is 23.9 Å².